The number of hydrogen-bond donors (Lipinski definition) is 2. The van der Waals surface area contributed by atoms with Crippen molar-refractivity contribution in [3.05, 3.63) is 17.6 Å². The van der Waals surface area contributed by atoms with Crippen LogP contribution < -0.4 is 10.2 Å². The van der Waals surface area contributed by atoms with Gasteiger partial charge in [0.15, 0.2) is 0 Å². The molecular formula is C17H24N4O3. The number of rotatable bonds is 4. The summed E-state index contributed by atoms with van der Waals surface area (Å²) in [5.74, 6) is 0.0271. The average molecular weight is 332 g/mol. The second-order valence-electron chi connectivity index (χ2n) is 6.80. The number of nitrogens with one attached hydrogen (secondary N) is 1. The van der Waals surface area contributed by atoms with Gasteiger partial charge in [-0.05, 0) is 26.2 Å². The van der Waals surface area contributed by atoms with Crippen molar-refractivity contribution in [2.24, 2.45) is 5.92 Å². The highest BCUT2D eigenvalue weighted by atomic mass is 16.4. The minimum atomic E-state index is -0.883. The van der Waals surface area contributed by atoms with Gasteiger partial charge >= 0.3 is 5.97 Å². The monoisotopic (exact) mass is 332 g/mol. The van der Waals surface area contributed by atoms with Crippen LogP contribution in [0.5, 0.6) is 0 Å². The van der Waals surface area contributed by atoms with E-state index in [4.69, 9.17) is 0 Å². The minimum absolute atomic E-state index is 0.0863. The van der Waals surface area contributed by atoms with Gasteiger partial charge in [-0.25, -0.2) is 9.97 Å². The van der Waals surface area contributed by atoms with Crippen LogP contribution in [0.25, 0.3) is 0 Å². The fraction of sp³-hybridized carbons (Fsp3) is 0.647. The van der Waals surface area contributed by atoms with Gasteiger partial charge in [0.2, 0.25) is 5.91 Å². The largest absolute Gasteiger partial charge is 0.481 e. The highest BCUT2D eigenvalue weighted by Crippen LogP contribution is 2.38. The Morgan fingerprint density at radius 2 is 2.17 bits per heavy atom. The summed E-state index contributed by atoms with van der Waals surface area (Å²) in [5, 5.41) is 12.4. The molecule has 2 fully saturated rings. The SMILES string of the molecule is CCCc1cnc(C)nc1N1CCC2(CC1)NC(=O)C[C@H]2C(=O)O. The predicted molar refractivity (Wildman–Crippen MR) is 88.8 cm³/mol. The number of hydrogen-bond acceptors (Lipinski definition) is 5. The lowest BCUT2D eigenvalue weighted by Crippen LogP contribution is -2.56. The standard InChI is InChI=1S/C17H24N4O3/c1-3-4-12-10-18-11(2)19-15(12)21-7-5-17(6-8-21)13(16(23)24)9-14(22)20-17/h10,13H,3-9H2,1-2H3,(H,20,22)(H,23,24)/t13-/m0/s1. The molecule has 2 saturated heterocycles. The number of nitrogens with zero attached hydrogens (tertiary/aromatic N) is 3. The zero-order valence-electron chi connectivity index (χ0n) is 14.2. The first-order valence-electron chi connectivity index (χ1n) is 8.56. The molecule has 1 aromatic rings. The number of carbonyl (C=O) groups excluding carboxylic acids is 1. The van der Waals surface area contributed by atoms with Crippen molar-refractivity contribution >= 4 is 17.7 Å². The molecule has 130 valence electrons. The van der Waals surface area contributed by atoms with E-state index in [1.807, 2.05) is 13.1 Å². The summed E-state index contributed by atoms with van der Waals surface area (Å²) in [4.78, 5) is 34.4. The van der Waals surface area contributed by atoms with Crippen LogP contribution in [0.3, 0.4) is 0 Å². The Morgan fingerprint density at radius 3 is 2.79 bits per heavy atom. The minimum Gasteiger partial charge on any atom is -0.481 e. The van der Waals surface area contributed by atoms with Crippen molar-refractivity contribution in [1.29, 1.82) is 0 Å². The molecule has 1 aromatic heterocycles. The van der Waals surface area contributed by atoms with Gasteiger partial charge in [0.1, 0.15) is 11.6 Å². The third-order valence-corrected chi connectivity index (χ3v) is 5.18. The molecule has 0 radical (unpaired) electrons. The topological polar surface area (TPSA) is 95.4 Å². The molecule has 3 heterocycles. The van der Waals surface area contributed by atoms with E-state index in [9.17, 15) is 14.7 Å². The summed E-state index contributed by atoms with van der Waals surface area (Å²) in [7, 11) is 0. The van der Waals surface area contributed by atoms with Crippen LogP contribution in [0.2, 0.25) is 0 Å². The van der Waals surface area contributed by atoms with Crippen LogP contribution in [-0.2, 0) is 16.0 Å². The highest BCUT2D eigenvalue weighted by Gasteiger charge is 2.51. The van der Waals surface area contributed by atoms with Crippen molar-refractivity contribution in [1.82, 2.24) is 15.3 Å². The summed E-state index contributed by atoms with van der Waals surface area (Å²) < 4.78 is 0. The number of piperidine rings is 1. The Hall–Kier alpha value is -2.18. The number of carbonyl (C=O) groups is 2. The van der Waals surface area contributed by atoms with E-state index in [0.29, 0.717) is 25.9 Å². The fourth-order valence-corrected chi connectivity index (χ4v) is 3.91. The normalized spacial score (nSPS) is 22.7. The first-order chi connectivity index (χ1) is 11.4. The van der Waals surface area contributed by atoms with Crippen LogP contribution in [-0.4, -0.2) is 45.6 Å². The molecule has 7 nitrogen and oxygen atoms in total. The summed E-state index contributed by atoms with van der Waals surface area (Å²) >= 11 is 0. The van der Waals surface area contributed by atoms with Gasteiger partial charge in [-0.2, -0.15) is 0 Å². The molecule has 2 aliphatic heterocycles. The second-order valence-corrected chi connectivity index (χ2v) is 6.80. The van der Waals surface area contributed by atoms with Crippen molar-refractivity contribution in [3.63, 3.8) is 0 Å². The van der Waals surface area contributed by atoms with Gasteiger partial charge in [-0.3, -0.25) is 9.59 Å². The molecule has 24 heavy (non-hydrogen) atoms. The van der Waals surface area contributed by atoms with Gasteiger partial charge in [0.05, 0.1) is 11.5 Å². The van der Waals surface area contributed by atoms with Gasteiger partial charge in [0, 0.05) is 31.3 Å². The molecule has 0 unspecified atom stereocenters. The maximum atomic E-state index is 11.8. The summed E-state index contributed by atoms with van der Waals surface area (Å²) in [6.07, 6.45) is 5.18. The Bertz CT molecular complexity index is 653. The van der Waals surface area contributed by atoms with Gasteiger partial charge in [-0.15, -0.1) is 0 Å². The highest BCUT2D eigenvalue weighted by molar-refractivity contribution is 5.88. The number of aliphatic carboxylic acids is 1. The van der Waals surface area contributed by atoms with Crippen LogP contribution in [0.1, 0.15) is 44.0 Å². The number of aromatic nitrogens is 2. The summed E-state index contributed by atoms with van der Waals surface area (Å²) in [5.41, 5.74) is 0.524. The summed E-state index contributed by atoms with van der Waals surface area (Å²) in [6, 6.07) is 0. The van der Waals surface area contributed by atoms with Gasteiger partial charge in [0.25, 0.3) is 0 Å². The molecule has 0 saturated carbocycles. The smallest absolute Gasteiger partial charge is 0.309 e. The van der Waals surface area contributed by atoms with Crippen LogP contribution in [0.15, 0.2) is 6.20 Å². The molecular weight excluding hydrogens is 308 g/mol. The molecule has 0 aliphatic carbocycles. The van der Waals surface area contributed by atoms with E-state index >= 15 is 0 Å². The lowest BCUT2D eigenvalue weighted by Gasteiger charge is -2.42. The van der Waals surface area contributed by atoms with Crippen LogP contribution >= 0.6 is 0 Å². The lowest BCUT2D eigenvalue weighted by atomic mass is 9.77. The molecule has 1 atom stereocenters. The number of anilines is 1. The number of carboxylic acid groups (broad SMARTS) is 1. The number of amides is 1. The summed E-state index contributed by atoms with van der Waals surface area (Å²) in [6.45, 7) is 5.39. The van der Waals surface area contributed by atoms with Crippen molar-refractivity contribution < 1.29 is 14.7 Å². The maximum Gasteiger partial charge on any atom is 0.309 e. The quantitative estimate of drug-likeness (QED) is 0.863. The first-order valence-corrected chi connectivity index (χ1v) is 8.56. The van der Waals surface area contributed by atoms with Crippen molar-refractivity contribution in [2.75, 3.05) is 18.0 Å². The van der Waals surface area contributed by atoms with Crippen molar-refractivity contribution in [2.45, 2.75) is 51.5 Å². The third kappa shape index (κ3) is 2.95. The molecule has 0 aromatic carbocycles. The van der Waals surface area contributed by atoms with Gasteiger partial charge in [-0.1, -0.05) is 13.3 Å². The molecule has 2 N–H and O–H groups in total. The Labute approximate surface area is 141 Å². The number of carboxylic acids is 1. The average Bonchev–Trinajstić information content (AvgIpc) is 2.86. The molecule has 2 aliphatic rings. The Balaban J connectivity index is 1.79. The van der Waals surface area contributed by atoms with E-state index in [-0.39, 0.29) is 12.3 Å². The third-order valence-electron chi connectivity index (χ3n) is 5.18. The van der Waals surface area contributed by atoms with Gasteiger partial charge < -0.3 is 15.3 Å². The molecule has 0 bridgehead atoms. The molecule has 1 spiro atoms. The molecule has 3 rings (SSSR count). The number of aryl methyl sites for hydroxylation is 2. The van der Waals surface area contributed by atoms with Crippen molar-refractivity contribution in [3.8, 4) is 0 Å². The second kappa shape index (κ2) is 6.37. The van der Waals surface area contributed by atoms with E-state index in [2.05, 4.69) is 27.1 Å². The molecule has 1 amide bonds. The zero-order chi connectivity index (χ0) is 17.3. The fourth-order valence-electron chi connectivity index (χ4n) is 3.91. The van der Waals surface area contributed by atoms with Crippen LogP contribution in [0, 0.1) is 12.8 Å². The Morgan fingerprint density at radius 1 is 1.46 bits per heavy atom. The predicted octanol–water partition coefficient (Wildman–Crippen LogP) is 1.30. The first kappa shape index (κ1) is 16.7. The lowest BCUT2D eigenvalue weighted by molar-refractivity contribution is -0.144. The zero-order valence-corrected chi connectivity index (χ0v) is 14.2. The molecule has 7 heteroatoms. The van der Waals surface area contributed by atoms with E-state index in [0.717, 1.165) is 30.0 Å². The maximum absolute atomic E-state index is 11.8. The van der Waals surface area contributed by atoms with Crippen LogP contribution in [0.4, 0.5) is 5.82 Å². The van der Waals surface area contributed by atoms with E-state index in [1.165, 1.54) is 0 Å². The van der Waals surface area contributed by atoms with E-state index in [1.54, 1.807) is 0 Å². The van der Waals surface area contributed by atoms with E-state index < -0.39 is 17.4 Å². The Kier molecular flexibility index (Phi) is 4.43.